The van der Waals surface area contributed by atoms with Gasteiger partial charge in [-0.2, -0.15) is 0 Å². The highest BCUT2D eigenvalue weighted by Gasteiger charge is 2.11. The summed E-state index contributed by atoms with van der Waals surface area (Å²) in [4.78, 5) is 15.1. The Labute approximate surface area is 181 Å². The molecule has 0 fully saturated rings. The maximum atomic E-state index is 11.0. The second-order valence-corrected chi connectivity index (χ2v) is 5.68. The maximum Gasteiger partial charge on any atom is 0.292 e. The van der Waals surface area contributed by atoms with Crippen LogP contribution in [0, 0.1) is 10.1 Å². The van der Waals surface area contributed by atoms with Gasteiger partial charge in [-0.15, -0.1) is 34.2 Å². The number of nitro benzene ring substituents is 1. The lowest BCUT2D eigenvalue weighted by atomic mass is 10.2. The summed E-state index contributed by atoms with van der Waals surface area (Å²) in [5.41, 5.74) is 0.558. The third-order valence-corrected chi connectivity index (χ3v) is 3.80. The van der Waals surface area contributed by atoms with Gasteiger partial charge in [0.2, 0.25) is 0 Å². The van der Waals surface area contributed by atoms with Crippen molar-refractivity contribution in [1.29, 1.82) is 0 Å². The van der Waals surface area contributed by atoms with Crippen molar-refractivity contribution in [1.82, 2.24) is 25.4 Å². The molecule has 3 N–H and O–H groups in total. The Balaban J connectivity index is 0.00000392. The number of halogens is 1. The van der Waals surface area contributed by atoms with Crippen LogP contribution in [0.4, 0.5) is 11.4 Å². The molecule has 0 bridgehead atoms. The topological polar surface area (TPSA) is 122 Å². The van der Waals surface area contributed by atoms with E-state index in [4.69, 9.17) is 0 Å². The van der Waals surface area contributed by atoms with E-state index in [0.717, 1.165) is 25.3 Å². The van der Waals surface area contributed by atoms with Gasteiger partial charge >= 0.3 is 0 Å². The van der Waals surface area contributed by atoms with Crippen molar-refractivity contribution in [3.63, 3.8) is 0 Å². The molecular weight excluding hydrogens is 475 g/mol. The van der Waals surface area contributed by atoms with E-state index in [9.17, 15) is 10.1 Å². The molecule has 10 nitrogen and oxygen atoms in total. The van der Waals surface area contributed by atoms with Gasteiger partial charge in [-0.1, -0.05) is 19.1 Å². The average Bonchev–Trinajstić information content (AvgIpc) is 3.13. The molecule has 1 aromatic heterocycles. The predicted molar refractivity (Wildman–Crippen MR) is 120 cm³/mol. The van der Waals surface area contributed by atoms with Gasteiger partial charge in [-0.3, -0.25) is 15.1 Å². The van der Waals surface area contributed by atoms with Crippen LogP contribution in [-0.2, 0) is 13.0 Å². The van der Waals surface area contributed by atoms with Gasteiger partial charge < -0.3 is 20.5 Å². The molecular formula is C17H27IN8O2. The summed E-state index contributed by atoms with van der Waals surface area (Å²) in [6.07, 6.45) is 2.56. The van der Waals surface area contributed by atoms with Crippen molar-refractivity contribution in [2.24, 2.45) is 4.99 Å². The average molecular weight is 502 g/mol. The predicted octanol–water partition coefficient (Wildman–Crippen LogP) is 2.03. The zero-order valence-corrected chi connectivity index (χ0v) is 18.4. The number of nitrogens with one attached hydrogen (secondary N) is 3. The van der Waals surface area contributed by atoms with Crippen LogP contribution in [0.15, 0.2) is 35.6 Å². The van der Waals surface area contributed by atoms with Crippen LogP contribution in [0.5, 0.6) is 0 Å². The third-order valence-electron chi connectivity index (χ3n) is 3.80. The summed E-state index contributed by atoms with van der Waals surface area (Å²) < 4.78 is 2.01. The van der Waals surface area contributed by atoms with Crippen LogP contribution in [-0.4, -0.2) is 51.8 Å². The fraction of sp³-hybridized carbons (Fsp3) is 0.471. The van der Waals surface area contributed by atoms with E-state index < -0.39 is 4.92 Å². The van der Waals surface area contributed by atoms with Crippen molar-refractivity contribution in [2.75, 3.05) is 31.5 Å². The Morgan fingerprint density at radius 1 is 1.25 bits per heavy atom. The summed E-state index contributed by atoms with van der Waals surface area (Å²) >= 11 is 0. The molecule has 2 rings (SSSR count). The van der Waals surface area contributed by atoms with Crippen LogP contribution in [0.3, 0.4) is 0 Å². The van der Waals surface area contributed by atoms with E-state index in [-0.39, 0.29) is 29.7 Å². The van der Waals surface area contributed by atoms with Gasteiger partial charge in [0, 0.05) is 38.7 Å². The fourth-order valence-corrected chi connectivity index (χ4v) is 2.52. The number of aromatic nitrogens is 3. The number of para-hydroxylation sites is 2. The van der Waals surface area contributed by atoms with Crippen molar-refractivity contribution in [3.05, 3.63) is 46.5 Å². The smallest absolute Gasteiger partial charge is 0.292 e. The van der Waals surface area contributed by atoms with Crippen molar-refractivity contribution in [3.8, 4) is 0 Å². The first-order chi connectivity index (χ1) is 13.2. The molecule has 0 radical (unpaired) electrons. The third kappa shape index (κ3) is 7.29. The Morgan fingerprint density at radius 3 is 2.75 bits per heavy atom. The first-order valence-electron chi connectivity index (χ1n) is 9.01. The SMILES string of the molecule is CCNC(=NCCNc1ccccc1[N+](=O)[O-])NCCn1cnnc1CC.I. The molecule has 154 valence electrons. The molecule has 0 aliphatic carbocycles. The number of benzene rings is 1. The quantitative estimate of drug-likeness (QED) is 0.114. The molecule has 0 spiro atoms. The molecule has 28 heavy (non-hydrogen) atoms. The Morgan fingerprint density at radius 2 is 2.04 bits per heavy atom. The minimum Gasteiger partial charge on any atom is -0.378 e. The number of nitrogens with zero attached hydrogens (tertiary/aromatic N) is 5. The molecule has 1 heterocycles. The number of aryl methyl sites for hydroxylation is 1. The van der Waals surface area contributed by atoms with Gasteiger partial charge in [0.25, 0.3) is 5.69 Å². The van der Waals surface area contributed by atoms with Gasteiger partial charge in [0.15, 0.2) is 5.96 Å². The lowest BCUT2D eigenvalue weighted by Crippen LogP contribution is -2.39. The molecule has 2 aromatic rings. The second-order valence-electron chi connectivity index (χ2n) is 5.68. The normalized spacial score (nSPS) is 10.9. The monoisotopic (exact) mass is 502 g/mol. The molecule has 0 aliphatic heterocycles. The molecule has 1 aromatic carbocycles. The van der Waals surface area contributed by atoms with Crippen LogP contribution in [0.25, 0.3) is 0 Å². The van der Waals surface area contributed by atoms with E-state index in [0.29, 0.717) is 31.3 Å². The Bertz CT molecular complexity index is 765. The molecule has 0 aliphatic rings. The van der Waals surface area contributed by atoms with E-state index in [1.54, 1.807) is 24.5 Å². The molecule has 0 saturated carbocycles. The standard InChI is InChI=1S/C17H26N8O2.HI/c1-3-16-23-22-13-24(16)12-11-21-17(18-4-2)20-10-9-19-14-7-5-6-8-15(14)25(26)27;/h5-8,13,19H,3-4,9-12H2,1-2H3,(H2,18,20,21);1H. The van der Waals surface area contributed by atoms with Gasteiger partial charge in [-0.25, -0.2) is 0 Å². The Hall–Kier alpha value is -2.44. The number of hydrogen-bond acceptors (Lipinski definition) is 6. The first-order valence-corrected chi connectivity index (χ1v) is 9.01. The highest BCUT2D eigenvalue weighted by molar-refractivity contribution is 14.0. The number of guanidine groups is 1. The summed E-state index contributed by atoms with van der Waals surface area (Å²) in [5.74, 6) is 1.65. The summed E-state index contributed by atoms with van der Waals surface area (Å²) in [7, 11) is 0. The lowest BCUT2D eigenvalue weighted by Gasteiger charge is -2.12. The number of rotatable bonds is 10. The summed E-state index contributed by atoms with van der Waals surface area (Å²) in [6, 6.07) is 6.58. The molecule has 0 atom stereocenters. The van der Waals surface area contributed by atoms with Crippen LogP contribution < -0.4 is 16.0 Å². The van der Waals surface area contributed by atoms with Gasteiger partial charge in [0.05, 0.1) is 11.5 Å². The molecule has 11 heteroatoms. The fourth-order valence-electron chi connectivity index (χ4n) is 2.52. The Kier molecular flexibility index (Phi) is 10.8. The van der Waals surface area contributed by atoms with Crippen LogP contribution in [0.2, 0.25) is 0 Å². The lowest BCUT2D eigenvalue weighted by molar-refractivity contribution is -0.384. The van der Waals surface area contributed by atoms with Crippen molar-refractivity contribution < 1.29 is 4.92 Å². The second kappa shape index (κ2) is 12.9. The zero-order chi connectivity index (χ0) is 19.5. The number of aliphatic imine (C=N–C) groups is 1. The van der Waals surface area contributed by atoms with E-state index in [1.165, 1.54) is 6.07 Å². The largest absolute Gasteiger partial charge is 0.378 e. The minimum absolute atomic E-state index is 0. The minimum atomic E-state index is -0.396. The molecule has 0 amide bonds. The van der Waals surface area contributed by atoms with E-state index >= 15 is 0 Å². The van der Waals surface area contributed by atoms with E-state index in [2.05, 4.69) is 31.1 Å². The highest BCUT2D eigenvalue weighted by atomic mass is 127. The van der Waals surface area contributed by atoms with Crippen molar-refractivity contribution in [2.45, 2.75) is 26.8 Å². The first kappa shape index (κ1) is 23.6. The van der Waals surface area contributed by atoms with Gasteiger partial charge in [-0.05, 0) is 13.0 Å². The summed E-state index contributed by atoms with van der Waals surface area (Å²) in [5, 5.41) is 28.5. The highest BCUT2D eigenvalue weighted by Crippen LogP contribution is 2.22. The van der Waals surface area contributed by atoms with Gasteiger partial charge in [0.1, 0.15) is 17.8 Å². The van der Waals surface area contributed by atoms with Crippen LogP contribution >= 0.6 is 24.0 Å². The number of hydrogen-bond donors (Lipinski definition) is 3. The molecule has 0 unspecified atom stereocenters. The number of nitro groups is 1. The zero-order valence-electron chi connectivity index (χ0n) is 16.1. The van der Waals surface area contributed by atoms with E-state index in [1.807, 2.05) is 18.4 Å². The van der Waals surface area contributed by atoms with Crippen LogP contribution in [0.1, 0.15) is 19.7 Å². The maximum absolute atomic E-state index is 11.0. The number of anilines is 1. The van der Waals surface area contributed by atoms with Crippen molar-refractivity contribution >= 4 is 41.3 Å². The summed E-state index contributed by atoms with van der Waals surface area (Å²) in [6.45, 7) is 7.20. The molecule has 0 saturated heterocycles.